The number of unbranched alkanes of at least 4 members (excludes halogenated alkanes) is 1. The first-order valence-electron chi connectivity index (χ1n) is 6.25. The Hall–Kier alpha value is -0.830. The van der Waals surface area contributed by atoms with Gasteiger partial charge in [0, 0.05) is 12.2 Å². The van der Waals surface area contributed by atoms with Crippen LogP contribution in [0, 0.1) is 5.82 Å². The van der Waals surface area contributed by atoms with Gasteiger partial charge >= 0.3 is 0 Å². The van der Waals surface area contributed by atoms with Crippen LogP contribution >= 0.6 is 11.6 Å². The second kappa shape index (κ2) is 7.49. The van der Waals surface area contributed by atoms with Gasteiger partial charge in [0.2, 0.25) is 0 Å². The third kappa shape index (κ3) is 4.90. The molecular weight excluding hydrogens is 239 g/mol. The number of nitrogens with one attached hydrogen (secondary N) is 1. The highest BCUT2D eigenvalue weighted by atomic mass is 35.5. The molecule has 1 aromatic heterocycles. The summed E-state index contributed by atoms with van der Waals surface area (Å²) < 4.78 is 13.6. The van der Waals surface area contributed by atoms with Crippen molar-refractivity contribution in [1.82, 2.24) is 4.98 Å². The summed E-state index contributed by atoms with van der Waals surface area (Å²) in [4.78, 5) is 3.99. The first kappa shape index (κ1) is 14.2. The smallest absolute Gasteiger partial charge is 0.166 e. The fourth-order valence-corrected chi connectivity index (χ4v) is 1.95. The average molecular weight is 259 g/mol. The molecule has 1 heterocycles. The molecule has 0 spiro atoms. The van der Waals surface area contributed by atoms with Crippen molar-refractivity contribution in [2.75, 3.05) is 5.32 Å². The van der Waals surface area contributed by atoms with Gasteiger partial charge in [0.25, 0.3) is 0 Å². The number of anilines is 1. The Morgan fingerprint density at radius 3 is 2.71 bits per heavy atom. The Kier molecular flexibility index (Phi) is 6.27. The molecule has 1 unspecified atom stereocenters. The van der Waals surface area contributed by atoms with E-state index in [0.29, 0.717) is 16.9 Å². The van der Waals surface area contributed by atoms with Crippen molar-refractivity contribution in [2.24, 2.45) is 0 Å². The molecule has 0 amide bonds. The predicted octanol–water partition coefficient (Wildman–Crippen LogP) is 4.64. The van der Waals surface area contributed by atoms with Crippen molar-refractivity contribution < 1.29 is 4.39 Å². The van der Waals surface area contributed by atoms with E-state index in [-0.39, 0.29) is 5.82 Å². The average Bonchev–Trinajstić information content (AvgIpc) is 2.29. The van der Waals surface area contributed by atoms with Crippen LogP contribution in [0.1, 0.15) is 46.0 Å². The molecule has 1 aromatic rings. The molecule has 0 saturated heterocycles. The fourth-order valence-electron chi connectivity index (χ4n) is 1.80. The van der Waals surface area contributed by atoms with Gasteiger partial charge in [-0.15, -0.1) is 0 Å². The Morgan fingerprint density at radius 2 is 2.12 bits per heavy atom. The zero-order valence-electron chi connectivity index (χ0n) is 10.5. The van der Waals surface area contributed by atoms with Gasteiger partial charge in [0.05, 0.1) is 5.02 Å². The van der Waals surface area contributed by atoms with E-state index >= 15 is 0 Å². The fraction of sp³-hybridized carbons (Fsp3) is 0.615. The molecule has 4 heteroatoms. The van der Waals surface area contributed by atoms with Crippen LogP contribution in [0.3, 0.4) is 0 Å². The zero-order chi connectivity index (χ0) is 12.7. The van der Waals surface area contributed by atoms with Crippen molar-refractivity contribution in [1.29, 1.82) is 0 Å². The molecule has 0 saturated carbocycles. The van der Waals surface area contributed by atoms with E-state index in [9.17, 15) is 4.39 Å². The second-order valence-electron chi connectivity index (χ2n) is 4.26. The zero-order valence-corrected chi connectivity index (χ0v) is 11.2. The van der Waals surface area contributed by atoms with Crippen LogP contribution in [0.2, 0.25) is 5.02 Å². The van der Waals surface area contributed by atoms with Gasteiger partial charge in [-0.2, -0.15) is 0 Å². The van der Waals surface area contributed by atoms with Crippen LogP contribution in [-0.2, 0) is 0 Å². The van der Waals surface area contributed by atoms with Gasteiger partial charge in [0.1, 0.15) is 0 Å². The van der Waals surface area contributed by atoms with Crippen LogP contribution in [0.5, 0.6) is 0 Å². The van der Waals surface area contributed by atoms with E-state index in [0.717, 1.165) is 32.1 Å². The van der Waals surface area contributed by atoms with Crippen molar-refractivity contribution >= 4 is 17.4 Å². The molecular formula is C13H20ClFN2. The quantitative estimate of drug-likeness (QED) is 0.770. The summed E-state index contributed by atoms with van der Waals surface area (Å²) >= 11 is 5.67. The number of nitrogens with zero attached hydrogens (tertiary/aromatic N) is 1. The van der Waals surface area contributed by atoms with Gasteiger partial charge in [-0.3, -0.25) is 0 Å². The second-order valence-corrected chi connectivity index (χ2v) is 4.69. The number of hydrogen-bond donors (Lipinski definition) is 1. The van der Waals surface area contributed by atoms with Crippen molar-refractivity contribution in [3.63, 3.8) is 0 Å². The minimum absolute atomic E-state index is 0.295. The summed E-state index contributed by atoms with van der Waals surface area (Å²) in [7, 11) is 0. The summed E-state index contributed by atoms with van der Waals surface area (Å²) in [5.74, 6) is -0.0703. The molecule has 17 heavy (non-hydrogen) atoms. The van der Waals surface area contributed by atoms with Crippen molar-refractivity contribution in [3.05, 3.63) is 23.1 Å². The molecule has 1 atom stereocenters. The molecule has 96 valence electrons. The topological polar surface area (TPSA) is 24.9 Å². The number of halogens is 2. The molecule has 0 fully saturated rings. The van der Waals surface area contributed by atoms with Crippen LogP contribution in [0.4, 0.5) is 10.2 Å². The maximum absolute atomic E-state index is 13.6. The monoisotopic (exact) mass is 258 g/mol. The molecule has 0 radical (unpaired) electrons. The standard InChI is InChI=1S/C13H20ClFN2/c1-3-5-7-11(6-4-2)17-13-12(15)8-10(14)9-16-13/h8-9,11H,3-7H2,1-2H3,(H,16,17). The highest BCUT2D eigenvalue weighted by molar-refractivity contribution is 6.30. The minimum atomic E-state index is -0.380. The SMILES string of the molecule is CCCCC(CCC)Nc1ncc(Cl)cc1F. The first-order valence-corrected chi connectivity index (χ1v) is 6.62. The largest absolute Gasteiger partial charge is 0.365 e. The van der Waals surface area contributed by atoms with Gasteiger partial charge in [-0.25, -0.2) is 9.37 Å². The third-order valence-electron chi connectivity index (χ3n) is 2.69. The Bertz CT molecular complexity index is 344. The van der Waals surface area contributed by atoms with E-state index < -0.39 is 0 Å². The van der Waals surface area contributed by atoms with E-state index in [1.165, 1.54) is 12.3 Å². The molecule has 0 aromatic carbocycles. The molecule has 0 aliphatic carbocycles. The van der Waals surface area contributed by atoms with Gasteiger partial charge in [-0.05, 0) is 18.9 Å². The van der Waals surface area contributed by atoms with E-state index in [1.807, 2.05) is 0 Å². The van der Waals surface area contributed by atoms with E-state index in [1.54, 1.807) is 0 Å². The maximum atomic E-state index is 13.6. The van der Waals surface area contributed by atoms with Crippen molar-refractivity contribution in [3.8, 4) is 0 Å². The Balaban J connectivity index is 2.64. The molecule has 0 bridgehead atoms. The normalized spacial score (nSPS) is 12.5. The van der Waals surface area contributed by atoms with Gasteiger partial charge < -0.3 is 5.32 Å². The van der Waals surface area contributed by atoms with Crippen LogP contribution in [0.25, 0.3) is 0 Å². The van der Waals surface area contributed by atoms with Crippen LogP contribution in [0.15, 0.2) is 12.3 Å². The molecule has 1 rings (SSSR count). The van der Waals surface area contributed by atoms with Crippen molar-refractivity contribution in [2.45, 2.75) is 52.0 Å². The summed E-state index contributed by atoms with van der Waals surface area (Å²) in [6.07, 6.45) is 6.93. The third-order valence-corrected chi connectivity index (χ3v) is 2.90. The Labute approximate surface area is 108 Å². The molecule has 1 N–H and O–H groups in total. The Morgan fingerprint density at radius 1 is 1.35 bits per heavy atom. The first-order chi connectivity index (χ1) is 8.17. The highest BCUT2D eigenvalue weighted by Crippen LogP contribution is 2.19. The number of pyridine rings is 1. The summed E-state index contributed by atoms with van der Waals surface area (Å²) in [6, 6.07) is 1.59. The lowest BCUT2D eigenvalue weighted by molar-refractivity contribution is 0.553. The lowest BCUT2D eigenvalue weighted by Crippen LogP contribution is -2.20. The molecule has 2 nitrogen and oxygen atoms in total. The minimum Gasteiger partial charge on any atom is -0.365 e. The number of rotatable bonds is 7. The van der Waals surface area contributed by atoms with E-state index in [4.69, 9.17) is 11.6 Å². The molecule has 0 aliphatic rings. The van der Waals surface area contributed by atoms with Crippen LogP contribution < -0.4 is 5.32 Å². The lowest BCUT2D eigenvalue weighted by Gasteiger charge is -2.18. The number of hydrogen-bond acceptors (Lipinski definition) is 2. The van der Waals surface area contributed by atoms with Crippen LogP contribution in [-0.4, -0.2) is 11.0 Å². The lowest BCUT2D eigenvalue weighted by atomic mass is 10.1. The number of aromatic nitrogens is 1. The summed E-state index contributed by atoms with van der Waals surface area (Å²) in [5.41, 5.74) is 0. The van der Waals surface area contributed by atoms with E-state index in [2.05, 4.69) is 24.1 Å². The molecule has 0 aliphatic heterocycles. The van der Waals surface area contributed by atoms with Gasteiger partial charge in [0.15, 0.2) is 11.6 Å². The summed E-state index contributed by atoms with van der Waals surface area (Å²) in [6.45, 7) is 4.29. The maximum Gasteiger partial charge on any atom is 0.166 e. The highest BCUT2D eigenvalue weighted by Gasteiger charge is 2.11. The predicted molar refractivity (Wildman–Crippen MR) is 71.0 cm³/mol. The van der Waals surface area contributed by atoms with Gasteiger partial charge in [-0.1, -0.05) is 44.7 Å². The summed E-state index contributed by atoms with van der Waals surface area (Å²) in [5, 5.41) is 3.49.